The van der Waals surface area contributed by atoms with Crippen LogP contribution in [0.25, 0.3) is 11.1 Å². The lowest BCUT2D eigenvalue weighted by Gasteiger charge is -2.34. The Morgan fingerprint density at radius 2 is 0.892 bits per heavy atom. The Kier molecular flexibility index (Phi) is 7.13. The first-order valence-electron chi connectivity index (χ1n) is 14.3. The van der Waals surface area contributed by atoms with Gasteiger partial charge < -0.3 is 0 Å². The molecule has 0 atom stereocenters. The molecule has 0 aliphatic heterocycles. The summed E-state index contributed by atoms with van der Waals surface area (Å²) in [5.74, 6) is 0. The fraction of sp³-hybridized carbons (Fsp3) is 0.351. The molecule has 0 amide bonds. The fourth-order valence-corrected chi connectivity index (χ4v) is 6.39. The molecule has 0 saturated carbocycles. The van der Waals surface area contributed by atoms with Crippen molar-refractivity contribution in [2.24, 2.45) is 0 Å². The van der Waals surface area contributed by atoms with Gasteiger partial charge in [0.2, 0.25) is 0 Å². The van der Waals surface area contributed by atoms with Gasteiger partial charge in [-0.2, -0.15) is 0 Å². The van der Waals surface area contributed by atoms with Crippen LogP contribution in [0, 0.1) is 27.7 Å². The molecule has 0 bridgehead atoms. The molecule has 5 rings (SSSR count). The summed E-state index contributed by atoms with van der Waals surface area (Å²) < 4.78 is 0. The van der Waals surface area contributed by atoms with E-state index >= 15 is 0 Å². The maximum absolute atomic E-state index is 2.54. The lowest BCUT2D eigenvalue weighted by molar-refractivity contribution is 0.758. The van der Waals surface area contributed by atoms with E-state index in [-0.39, 0.29) is 5.41 Å². The zero-order chi connectivity index (χ0) is 26.2. The van der Waals surface area contributed by atoms with Crippen LogP contribution in [-0.2, 0) is 18.3 Å². The highest BCUT2D eigenvalue weighted by Crippen LogP contribution is 2.57. The first-order valence-corrected chi connectivity index (χ1v) is 14.3. The van der Waals surface area contributed by atoms with Crippen LogP contribution in [0.2, 0.25) is 0 Å². The second-order valence-corrected chi connectivity index (χ2v) is 11.3. The normalized spacial score (nSPS) is 13.5. The van der Waals surface area contributed by atoms with Gasteiger partial charge in [-0.25, -0.2) is 0 Å². The molecular formula is C37H42. The van der Waals surface area contributed by atoms with E-state index in [2.05, 4.69) is 114 Å². The van der Waals surface area contributed by atoms with Gasteiger partial charge in [0, 0.05) is 0 Å². The summed E-state index contributed by atoms with van der Waals surface area (Å²) in [4.78, 5) is 0. The zero-order valence-electron chi connectivity index (χ0n) is 23.7. The molecule has 4 aromatic rings. The van der Waals surface area contributed by atoms with E-state index < -0.39 is 0 Å². The van der Waals surface area contributed by atoms with Crippen molar-refractivity contribution >= 4 is 0 Å². The molecule has 0 unspecified atom stereocenters. The molecule has 0 nitrogen and oxygen atoms in total. The van der Waals surface area contributed by atoms with Gasteiger partial charge >= 0.3 is 0 Å². The minimum atomic E-state index is -0.311. The molecule has 0 radical (unpaired) electrons. The zero-order valence-corrected chi connectivity index (χ0v) is 23.7. The molecule has 1 aliphatic rings. The van der Waals surface area contributed by atoms with Crippen LogP contribution in [0.5, 0.6) is 0 Å². The third-order valence-corrected chi connectivity index (χ3v) is 8.62. The van der Waals surface area contributed by atoms with Gasteiger partial charge in [-0.05, 0) is 109 Å². The van der Waals surface area contributed by atoms with Crippen LogP contribution in [0.3, 0.4) is 0 Å². The van der Waals surface area contributed by atoms with E-state index in [4.69, 9.17) is 0 Å². The van der Waals surface area contributed by atoms with Gasteiger partial charge in [0.25, 0.3) is 0 Å². The van der Waals surface area contributed by atoms with Gasteiger partial charge in [-0.1, -0.05) is 111 Å². The van der Waals surface area contributed by atoms with Crippen molar-refractivity contribution in [1.29, 1.82) is 0 Å². The topological polar surface area (TPSA) is 0 Å². The molecule has 0 heterocycles. The van der Waals surface area contributed by atoms with Crippen molar-refractivity contribution in [3.8, 4) is 11.1 Å². The number of aryl methyl sites for hydroxylation is 6. The van der Waals surface area contributed by atoms with E-state index in [0.717, 1.165) is 12.8 Å². The van der Waals surface area contributed by atoms with Crippen LogP contribution >= 0.6 is 0 Å². The lowest BCUT2D eigenvalue weighted by atomic mass is 9.67. The molecule has 4 aromatic carbocycles. The summed E-state index contributed by atoms with van der Waals surface area (Å²) >= 11 is 0. The average molecular weight is 487 g/mol. The Labute approximate surface area is 224 Å². The highest BCUT2D eigenvalue weighted by Gasteiger charge is 2.46. The molecule has 37 heavy (non-hydrogen) atoms. The van der Waals surface area contributed by atoms with E-state index in [0.29, 0.717) is 0 Å². The highest BCUT2D eigenvalue weighted by atomic mass is 14.5. The number of hydrogen-bond donors (Lipinski definition) is 0. The molecule has 0 heteroatoms. The van der Waals surface area contributed by atoms with Gasteiger partial charge in [-0.3, -0.25) is 0 Å². The average Bonchev–Trinajstić information content (AvgIpc) is 3.15. The van der Waals surface area contributed by atoms with Gasteiger partial charge in [0.1, 0.15) is 0 Å². The number of unbranched alkanes of at least 4 members (excludes halogenated alkanes) is 2. The van der Waals surface area contributed by atoms with Crippen molar-refractivity contribution in [2.75, 3.05) is 0 Å². The van der Waals surface area contributed by atoms with Crippen molar-refractivity contribution in [3.05, 3.63) is 128 Å². The van der Waals surface area contributed by atoms with Gasteiger partial charge in [-0.15, -0.1) is 0 Å². The Morgan fingerprint density at radius 1 is 0.514 bits per heavy atom. The predicted molar refractivity (Wildman–Crippen MR) is 160 cm³/mol. The standard InChI is InChI=1S/C37H42/c1-7-9-11-29-23-33-34-24-30(12-10-8-2)28(6)22-36(34)37(35(33)21-27(29)5,31-17-13-25(3)14-18-31)32-19-15-26(4)16-20-32/h13-24H,7-12H2,1-6H3. The second-order valence-electron chi connectivity index (χ2n) is 11.3. The quantitative estimate of drug-likeness (QED) is 0.205. The first kappa shape index (κ1) is 25.5. The van der Waals surface area contributed by atoms with Crippen LogP contribution in [-0.4, -0.2) is 0 Å². The van der Waals surface area contributed by atoms with Crippen LogP contribution in [0.15, 0.2) is 72.8 Å². The Bertz CT molecular complexity index is 1290. The van der Waals surface area contributed by atoms with Crippen molar-refractivity contribution in [1.82, 2.24) is 0 Å². The first-order chi connectivity index (χ1) is 17.9. The molecule has 0 spiro atoms. The van der Waals surface area contributed by atoms with E-state index in [1.165, 1.54) is 92.4 Å². The minimum absolute atomic E-state index is 0.311. The summed E-state index contributed by atoms with van der Waals surface area (Å²) in [6.45, 7) is 13.6. The third kappa shape index (κ3) is 4.35. The summed E-state index contributed by atoms with van der Waals surface area (Å²) in [5, 5.41) is 0. The molecule has 0 saturated heterocycles. The van der Waals surface area contributed by atoms with Gasteiger partial charge in [0.05, 0.1) is 5.41 Å². The lowest BCUT2D eigenvalue weighted by Crippen LogP contribution is -2.29. The van der Waals surface area contributed by atoms with Gasteiger partial charge in [0.15, 0.2) is 0 Å². The number of hydrogen-bond acceptors (Lipinski definition) is 0. The van der Waals surface area contributed by atoms with Crippen molar-refractivity contribution in [2.45, 2.75) is 85.5 Å². The minimum Gasteiger partial charge on any atom is -0.0654 e. The molecule has 0 fully saturated rings. The maximum atomic E-state index is 2.54. The summed E-state index contributed by atoms with van der Waals surface area (Å²) in [6, 6.07) is 28.8. The molecule has 0 aromatic heterocycles. The molecule has 190 valence electrons. The van der Waals surface area contributed by atoms with Crippen LogP contribution < -0.4 is 0 Å². The third-order valence-electron chi connectivity index (χ3n) is 8.62. The van der Waals surface area contributed by atoms with Crippen molar-refractivity contribution < 1.29 is 0 Å². The summed E-state index contributed by atoms with van der Waals surface area (Å²) in [7, 11) is 0. The van der Waals surface area contributed by atoms with E-state index in [1.807, 2.05) is 0 Å². The predicted octanol–water partition coefficient (Wildman–Crippen LogP) is 9.97. The number of fused-ring (bicyclic) bond motifs is 3. The summed E-state index contributed by atoms with van der Waals surface area (Å²) in [6.07, 6.45) is 7.24. The second kappa shape index (κ2) is 10.3. The molecule has 0 N–H and O–H groups in total. The fourth-order valence-electron chi connectivity index (χ4n) is 6.39. The number of benzene rings is 4. The Morgan fingerprint density at radius 3 is 1.24 bits per heavy atom. The Hall–Kier alpha value is -3.12. The monoisotopic (exact) mass is 486 g/mol. The van der Waals surface area contributed by atoms with E-state index in [1.54, 1.807) is 0 Å². The smallest absolute Gasteiger partial charge is 0.0654 e. The van der Waals surface area contributed by atoms with Crippen LogP contribution in [0.4, 0.5) is 0 Å². The molecule has 1 aliphatic carbocycles. The highest BCUT2D eigenvalue weighted by molar-refractivity contribution is 5.87. The SMILES string of the molecule is CCCCc1cc2c(cc1C)C(c1ccc(C)cc1)(c1ccc(C)cc1)c1cc(C)c(CCCC)cc1-2. The summed E-state index contributed by atoms with van der Waals surface area (Å²) in [5.41, 5.74) is 16.6. The molecular weight excluding hydrogens is 444 g/mol. The maximum Gasteiger partial charge on any atom is 0.0713 e. The largest absolute Gasteiger partial charge is 0.0713 e. The number of rotatable bonds is 8. The van der Waals surface area contributed by atoms with Crippen LogP contribution in [0.1, 0.15) is 95.2 Å². The Balaban J connectivity index is 1.89. The van der Waals surface area contributed by atoms with Crippen molar-refractivity contribution in [3.63, 3.8) is 0 Å². The van der Waals surface area contributed by atoms with E-state index in [9.17, 15) is 0 Å².